The summed E-state index contributed by atoms with van der Waals surface area (Å²) < 4.78 is 0. The predicted octanol–water partition coefficient (Wildman–Crippen LogP) is 2.52. The van der Waals surface area contributed by atoms with Crippen molar-refractivity contribution in [2.45, 2.75) is 58.9 Å². The number of carboxylic acids is 1. The summed E-state index contributed by atoms with van der Waals surface area (Å²) in [7, 11) is 0. The molecule has 18 heavy (non-hydrogen) atoms. The van der Waals surface area contributed by atoms with Gasteiger partial charge < -0.3 is 10.0 Å². The first-order valence-corrected chi connectivity index (χ1v) is 7.00. The molecule has 104 valence electrons. The maximum Gasteiger partial charge on any atom is 0.326 e. The van der Waals surface area contributed by atoms with Crippen LogP contribution in [-0.2, 0) is 9.59 Å². The van der Waals surface area contributed by atoms with Crippen molar-refractivity contribution in [2.75, 3.05) is 6.54 Å². The van der Waals surface area contributed by atoms with Crippen molar-refractivity contribution >= 4 is 11.9 Å². The summed E-state index contributed by atoms with van der Waals surface area (Å²) in [5.74, 6) is -0.512. The zero-order valence-electron chi connectivity index (χ0n) is 11.7. The number of aliphatic carboxylic acids is 1. The fourth-order valence-electron chi connectivity index (χ4n) is 2.56. The topological polar surface area (TPSA) is 57.6 Å². The molecule has 1 heterocycles. The van der Waals surface area contributed by atoms with Crippen LogP contribution in [0.5, 0.6) is 0 Å². The number of hydrogen-bond donors (Lipinski definition) is 1. The third kappa shape index (κ3) is 3.72. The number of unbranched alkanes of at least 4 members (excludes halogenated alkanes) is 1. The van der Waals surface area contributed by atoms with Crippen LogP contribution in [0.2, 0.25) is 0 Å². The highest BCUT2D eigenvalue weighted by molar-refractivity contribution is 5.85. The van der Waals surface area contributed by atoms with Crippen LogP contribution in [-0.4, -0.2) is 34.5 Å². The van der Waals surface area contributed by atoms with Crippen molar-refractivity contribution in [1.29, 1.82) is 0 Å². The van der Waals surface area contributed by atoms with E-state index in [0.717, 1.165) is 25.7 Å². The average molecular weight is 255 g/mol. The van der Waals surface area contributed by atoms with E-state index in [4.69, 9.17) is 0 Å². The van der Waals surface area contributed by atoms with Crippen LogP contribution < -0.4 is 0 Å². The van der Waals surface area contributed by atoms with E-state index >= 15 is 0 Å². The van der Waals surface area contributed by atoms with Gasteiger partial charge in [0, 0.05) is 12.5 Å². The molecule has 4 heteroatoms. The number of amides is 1. The van der Waals surface area contributed by atoms with Gasteiger partial charge in [-0.05, 0) is 25.2 Å². The zero-order valence-corrected chi connectivity index (χ0v) is 11.7. The normalized spacial score (nSPS) is 25.8. The quantitative estimate of drug-likeness (QED) is 0.821. The molecular weight excluding hydrogens is 230 g/mol. The standard InChI is InChI=1S/C14H25NO3/c1-4-5-6-11(3)13(16)15-8-7-10(2)9-12(15)14(17)18/h10-12H,4-9H2,1-3H3,(H,17,18). The van der Waals surface area contributed by atoms with E-state index in [1.165, 1.54) is 0 Å². The van der Waals surface area contributed by atoms with Gasteiger partial charge in [0.2, 0.25) is 5.91 Å². The van der Waals surface area contributed by atoms with Crippen LogP contribution in [0.3, 0.4) is 0 Å². The molecule has 0 bridgehead atoms. The van der Waals surface area contributed by atoms with Crippen molar-refractivity contribution in [3.8, 4) is 0 Å². The lowest BCUT2D eigenvalue weighted by molar-refractivity contribution is -0.154. The van der Waals surface area contributed by atoms with Crippen LogP contribution in [0.4, 0.5) is 0 Å². The second-order valence-corrected chi connectivity index (χ2v) is 5.56. The lowest BCUT2D eigenvalue weighted by atomic mass is 9.90. The second kappa shape index (κ2) is 6.76. The Morgan fingerprint density at radius 2 is 2.11 bits per heavy atom. The van der Waals surface area contributed by atoms with Crippen molar-refractivity contribution in [3.63, 3.8) is 0 Å². The molecule has 1 aliphatic heterocycles. The smallest absolute Gasteiger partial charge is 0.326 e. The molecule has 1 aliphatic rings. The molecule has 0 radical (unpaired) electrons. The van der Waals surface area contributed by atoms with Gasteiger partial charge in [0.15, 0.2) is 0 Å². The third-order valence-corrected chi connectivity index (χ3v) is 3.85. The van der Waals surface area contributed by atoms with Gasteiger partial charge in [-0.15, -0.1) is 0 Å². The Labute approximate surface area is 109 Å². The molecule has 3 unspecified atom stereocenters. The highest BCUT2D eigenvalue weighted by atomic mass is 16.4. The molecule has 1 rings (SSSR count). The van der Waals surface area contributed by atoms with Crippen LogP contribution in [0.1, 0.15) is 52.9 Å². The first kappa shape index (κ1) is 15.0. The van der Waals surface area contributed by atoms with Gasteiger partial charge in [-0.3, -0.25) is 4.79 Å². The maximum atomic E-state index is 12.3. The van der Waals surface area contributed by atoms with Crippen molar-refractivity contribution in [1.82, 2.24) is 4.90 Å². The Balaban J connectivity index is 2.66. The van der Waals surface area contributed by atoms with E-state index in [1.807, 2.05) is 6.92 Å². The zero-order chi connectivity index (χ0) is 13.7. The van der Waals surface area contributed by atoms with E-state index in [1.54, 1.807) is 4.90 Å². The minimum Gasteiger partial charge on any atom is -0.480 e. The molecular formula is C14H25NO3. The van der Waals surface area contributed by atoms with E-state index in [0.29, 0.717) is 18.9 Å². The van der Waals surface area contributed by atoms with Gasteiger partial charge in [-0.2, -0.15) is 0 Å². The van der Waals surface area contributed by atoms with E-state index in [9.17, 15) is 14.7 Å². The molecule has 1 N–H and O–H groups in total. The number of carboxylic acid groups (broad SMARTS) is 1. The third-order valence-electron chi connectivity index (χ3n) is 3.85. The van der Waals surface area contributed by atoms with Gasteiger partial charge in [-0.1, -0.05) is 33.6 Å². The Morgan fingerprint density at radius 3 is 2.67 bits per heavy atom. The molecule has 1 amide bonds. The van der Waals surface area contributed by atoms with Crippen LogP contribution in [0.15, 0.2) is 0 Å². The number of rotatable bonds is 5. The van der Waals surface area contributed by atoms with E-state index < -0.39 is 12.0 Å². The van der Waals surface area contributed by atoms with Crippen molar-refractivity contribution in [3.05, 3.63) is 0 Å². The highest BCUT2D eigenvalue weighted by Crippen LogP contribution is 2.25. The van der Waals surface area contributed by atoms with E-state index in [2.05, 4.69) is 13.8 Å². The maximum absolute atomic E-state index is 12.3. The van der Waals surface area contributed by atoms with Crippen LogP contribution in [0, 0.1) is 11.8 Å². The summed E-state index contributed by atoms with van der Waals surface area (Å²) >= 11 is 0. The molecule has 1 fully saturated rings. The van der Waals surface area contributed by atoms with Crippen molar-refractivity contribution in [2.24, 2.45) is 11.8 Å². The SMILES string of the molecule is CCCCC(C)C(=O)N1CCC(C)CC1C(=O)O. The second-order valence-electron chi connectivity index (χ2n) is 5.56. The molecule has 0 spiro atoms. The van der Waals surface area contributed by atoms with E-state index in [-0.39, 0.29) is 11.8 Å². The molecule has 0 aliphatic carbocycles. The fraction of sp³-hybridized carbons (Fsp3) is 0.857. The number of hydrogen-bond acceptors (Lipinski definition) is 2. The summed E-state index contributed by atoms with van der Waals surface area (Å²) in [4.78, 5) is 25.1. The van der Waals surface area contributed by atoms with Gasteiger partial charge in [0.25, 0.3) is 0 Å². The molecule has 4 nitrogen and oxygen atoms in total. The molecule has 0 aromatic rings. The molecule has 3 atom stereocenters. The number of piperidine rings is 1. The van der Waals surface area contributed by atoms with Crippen molar-refractivity contribution < 1.29 is 14.7 Å². The average Bonchev–Trinajstić information content (AvgIpc) is 2.34. The summed E-state index contributed by atoms with van der Waals surface area (Å²) in [5, 5.41) is 9.24. The lowest BCUT2D eigenvalue weighted by Crippen LogP contribution is -2.51. The van der Waals surface area contributed by atoms with Gasteiger partial charge in [0.1, 0.15) is 6.04 Å². The largest absolute Gasteiger partial charge is 0.480 e. The first-order valence-electron chi connectivity index (χ1n) is 7.00. The van der Waals surface area contributed by atoms with Gasteiger partial charge in [0.05, 0.1) is 0 Å². The monoisotopic (exact) mass is 255 g/mol. The van der Waals surface area contributed by atoms with Gasteiger partial charge >= 0.3 is 5.97 Å². The summed E-state index contributed by atoms with van der Waals surface area (Å²) in [6.45, 7) is 6.65. The number of likely N-dealkylation sites (tertiary alicyclic amines) is 1. The molecule has 1 saturated heterocycles. The summed E-state index contributed by atoms with van der Waals surface area (Å²) in [5.41, 5.74) is 0. The Morgan fingerprint density at radius 1 is 1.44 bits per heavy atom. The Hall–Kier alpha value is -1.06. The summed E-state index contributed by atoms with van der Waals surface area (Å²) in [6, 6.07) is -0.620. The van der Waals surface area contributed by atoms with Crippen LogP contribution in [0.25, 0.3) is 0 Å². The minimum atomic E-state index is -0.863. The fourth-order valence-corrected chi connectivity index (χ4v) is 2.56. The Bertz CT molecular complexity index is 303. The number of carbonyl (C=O) groups excluding carboxylic acids is 1. The molecule has 0 saturated carbocycles. The van der Waals surface area contributed by atoms with Gasteiger partial charge in [-0.25, -0.2) is 4.79 Å². The first-order chi connectivity index (χ1) is 8.47. The highest BCUT2D eigenvalue weighted by Gasteiger charge is 2.36. The number of nitrogens with zero attached hydrogens (tertiary/aromatic N) is 1. The predicted molar refractivity (Wildman–Crippen MR) is 70.2 cm³/mol. The molecule has 0 aromatic heterocycles. The minimum absolute atomic E-state index is 0.0164. The number of carbonyl (C=O) groups is 2. The summed E-state index contributed by atoms with van der Waals surface area (Å²) in [6.07, 6.45) is 4.44. The Kier molecular flexibility index (Phi) is 5.63. The molecule has 0 aromatic carbocycles. The van der Waals surface area contributed by atoms with Crippen LogP contribution >= 0.6 is 0 Å². The lowest BCUT2D eigenvalue weighted by Gasteiger charge is -2.37.